The molecule has 0 aliphatic carbocycles. The first kappa shape index (κ1) is 16.2. The van der Waals surface area contributed by atoms with E-state index in [1.54, 1.807) is 0 Å². The summed E-state index contributed by atoms with van der Waals surface area (Å²) < 4.78 is 0. The van der Waals surface area contributed by atoms with Crippen LogP contribution in [-0.4, -0.2) is 30.6 Å². The van der Waals surface area contributed by atoms with Gasteiger partial charge in [0.25, 0.3) is 0 Å². The highest BCUT2D eigenvalue weighted by Gasteiger charge is 2.16. The molecule has 0 aromatic heterocycles. The Morgan fingerprint density at radius 2 is 1.74 bits per heavy atom. The molecule has 0 amide bonds. The molecule has 1 aromatic carbocycles. The zero-order valence-corrected chi connectivity index (χ0v) is 13.0. The molecule has 2 heteroatoms. The molecule has 0 fully saturated rings. The number of hydrogen-bond donors (Lipinski definition) is 1. The SMILES string of the molecule is CCCNC(CN(CCC)C(C)C)c1ccccc1. The van der Waals surface area contributed by atoms with Gasteiger partial charge in [-0.15, -0.1) is 0 Å². The lowest BCUT2D eigenvalue weighted by atomic mass is 10.1. The number of hydrogen-bond acceptors (Lipinski definition) is 2. The highest BCUT2D eigenvalue weighted by molar-refractivity contribution is 5.19. The van der Waals surface area contributed by atoms with Crippen LogP contribution in [0.3, 0.4) is 0 Å². The van der Waals surface area contributed by atoms with Gasteiger partial charge in [0.15, 0.2) is 0 Å². The molecule has 108 valence electrons. The first-order valence-corrected chi connectivity index (χ1v) is 7.71. The predicted octanol–water partition coefficient (Wildman–Crippen LogP) is 3.85. The summed E-state index contributed by atoms with van der Waals surface area (Å²) in [5, 5.41) is 3.69. The van der Waals surface area contributed by atoms with E-state index in [-0.39, 0.29) is 0 Å². The Morgan fingerprint density at radius 3 is 2.26 bits per heavy atom. The molecule has 0 spiro atoms. The molecule has 0 bridgehead atoms. The molecule has 0 aliphatic heterocycles. The maximum atomic E-state index is 3.69. The maximum Gasteiger partial charge on any atom is 0.0449 e. The van der Waals surface area contributed by atoms with E-state index in [1.807, 2.05) is 0 Å². The molecular formula is C17H30N2. The second-order valence-corrected chi connectivity index (χ2v) is 5.51. The molecule has 0 radical (unpaired) electrons. The third-order valence-electron chi connectivity index (χ3n) is 3.50. The number of rotatable bonds is 9. The Labute approximate surface area is 119 Å². The van der Waals surface area contributed by atoms with Gasteiger partial charge in [0.2, 0.25) is 0 Å². The Kier molecular flexibility index (Phi) is 7.76. The Morgan fingerprint density at radius 1 is 1.05 bits per heavy atom. The van der Waals surface area contributed by atoms with Crippen LogP contribution in [0.4, 0.5) is 0 Å². The fourth-order valence-electron chi connectivity index (χ4n) is 2.37. The lowest BCUT2D eigenvalue weighted by Gasteiger charge is -2.31. The average molecular weight is 262 g/mol. The van der Waals surface area contributed by atoms with Crippen LogP contribution in [0.25, 0.3) is 0 Å². The molecule has 0 aliphatic rings. The minimum absolute atomic E-state index is 0.440. The van der Waals surface area contributed by atoms with Gasteiger partial charge in [-0.3, -0.25) is 4.90 Å². The van der Waals surface area contributed by atoms with Crippen LogP contribution in [0.1, 0.15) is 52.1 Å². The summed E-state index contributed by atoms with van der Waals surface area (Å²) in [6.07, 6.45) is 2.40. The van der Waals surface area contributed by atoms with E-state index in [9.17, 15) is 0 Å². The first-order valence-electron chi connectivity index (χ1n) is 7.71. The van der Waals surface area contributed by atoms with Crippen LogP contribution in [0.5, 0.6) is 0 Å². The van der Waals surface area contributed by atoms with E-state index in [4.69, 9.17) is 0 Å². The van der Waals surface area contributed by atoms with Crippen molar-refractivity contribution in [2.75, 3.05) is 19.6 Å². The van der Waals surface area contributed by atoms with Crippen LogP contribution in [-0.2, 0) is 0 Å². The topological polar surface area (TPSA) is 15.3 Å². The van der Waals surface area contributed by atoms with Gasteiger partial charge in [-0.2, -0.15) is 0 Å². The summed E-state index contributed by atoms with van der Waals surface area (Å²) >= 11 is 0. The van der Waals surface area contributed by atoms with Crippen molar-refractivity contribution in [1.82, 2.24) is 10.2 Å². The first-order chi connectivity index (χ1) is 9.19. The molecule has 1 rings (SSSR count). The van der Waals surface area contributed by atoms with Crippen LogP contribution in [0.15, 0.2) is 30.3 Å². The van der Waals surface area contributed by atoms with Gasteiger partial charge in [-0.25, -0.2) is 0 Å². The number of benzene rings is 1. The average Bonchev–Trinajstić information content (AvgIpc) is 2.43. The van der Waals surface area contributed by atoms with Gasteiger partial charge in [0.05, 0.1) is 0 Å². The minimum atomic E-state index is 0.440. The highest BCUT2D eigenvalue weighted by Crippen LogP contribution is 2.16. The summed E-state index contributed by atoms with van der Waals surface area (Å²) in [6.45, 7) is 12.4. The van der Waals surface area contributed by atoms with Crippen molar-refractivity contribution < 1.29 is 0 Å². The second kappa shape index (κ2) is 9.11. The minimum Gasteiger partial charge on any atom is -0.309 e. The highest BCUT2D eigenvalue weighted by atomic mass is 15.2. The van der Waals surface area contributed by atoms with Crippen molar-refractivity contribution in [1.29, 1.82) is 0 Å². The molecule has 19 heavy (non-hydrogen) atoms. The molecule has 0 heterocycles. The van der Waals surface area contributed by atoms with Gasteiger partial charge in [0, 0.05) is 18.6 Å². The lowest BCUT2D eigenvalue weighted by Crippen LogP contribution is -2.39. The van der Waals surface area contributed by atoms with Crippen LogP contribution in [0.2, 0.25) is 0 Å². The zero-order valence-electron chi connectivity index (χ0n) is 13.0. The predicted molar refractivity (Wildman–Crippen MR) is 84.5 cm³/mol. The molecule has 0 saturated heterocycles. The maximum absolute atomic E-state index is 3.69. The van der Waals surface area contributed by atoms with Crippen molar-refractivity contribution in [2.45, 2.75) is 52.6 Å². The van der Waals surface area contributed by atoms with E-state index < -0.39 is 0 Å². The number of nitrogens with zero attached hydrogens (tertiary/aromatic N) is 1. The summed E-state index contributed by atoms with van der Waals surface area (Å²) in [5.41, 5.74) is 1.40. The quantitative estimate of drug-likeness (QED) is 0.727. The van der Waals surface area contributed by atoms with Crippen molar-refractivity contribution in [2.24, 2.45) is 0 Å². The van der Waals surface area contributed by atoms with Crippen molar-refractivity contribution in [3.05, 3.63) is 35.9 Å². The van der Waals surface area contributed by atoms with Crippen LogP contribution >= 0.6 is 0 Å². The van der Waals surface area contributed by atoms with Crippen molar-refractivity contribution >= 4 is 0 Å². The van der Waals surface area contributed by atoms with Crippen molar-refractivity contribution in [3.63, 3.8) is 0 Å². The lowest BCUT2D eigenvalue weighted by molar-refractivity contribution is 0.197. The van der Waals surface area contributed by atoms with E-state index in [0.29, 0.717) is 12.1 Å². The van der Waals surface area contributed by atoms with Gasteiger partial charge < -0.3 is 5.32 Å². The summed E-state index contributed by atoms with van der Waals surface area (Å²) in [6, 6.07) is 11.9. The monoisotopic (exact) mass is 262 g/mol. The Bertz CT molecular complexity index is 321. The third-order valence-corrected chi connectivity index (χ3v) is 3.50. The standard InChI is InChI=1S/C17H30N2/c1-5-12-18-17(16-10-8-7-9-11-16)14-19(13-6-2)15(3)4/h7-11,15,17-18H,5-6,12-14H2,1-4H3. The van der Waals surface area contributed by atoms with Gasteiger partial charge in [-0.05, 0) is 45.3 Å². The molecule has 0 saturated carbocycles. The fraction of sp³-hybridized carbons (Fsp3) is 0.647. The normalized spacial score (nSPS) is 13.2. The number of nitrogens with one attached hydrogen (secondary N) is 1. The molecule has 1 unspecified atom stereocenters. The molecular weight excluding hydrogens is 232 g/mol. The van der Waals surface area contributed by atoms with Crippen molar-refractivity contribution in [3.8, 4) is 0 Å². The van der Waals surface area contributed by atoms with E-state index in [0.717, 1.165) is 13.1 Å². The van der Waals surface area contributed by atoms with E-state index in [1.165, 1.54) is 24.9 Å². The van der Waals surface area contributed by atoms with Gasteiger partial charge in [0.1, 0.15) is 0 Å². The Balaban J connectivity index is 2.73. The van der Waals surface area contributed by atoms with Crippen LogP contribution in [0, 0.1) is 0 Å². The largest absolute Gasteiger partial charge is 0.309 e. The molecule has 1 atom stereocenters. The fourth-order valence-corrected chi connectivity index (χ4v) is 2.37. The van der Waals surface area contributed by atoms with Gasteiger partial charge in [-0.1, -0.05) is 44.2 Å². The molecule has 2 nitrogen and oxygen atoms in total. The van der Waals surface area contributed by atoms with Gasteiger partial charge >= 0.3 is 0 Å². The molecule has 1 N–H and O–H groups in total. The van der Waals surface area contributed by atoms with E-state index in [2.05, 4.69) is 68.2 Å². The van der Waals surface area contributed by atoms with Crippen LogP contribution < -0.4 is 5.32 Å². The smallest absolute Gasteiger partial charge is 0.0449 e. The zero-order chi connectivity index (χ0) is 14.1. The third kappa shape index (κ3) is 5.75. The molecule has 1 aromatic rings. The second-order valence-electron chi connectivity index (χ2n) is 5.51. The summed E-state index contributed by atoms with van der Waals surface area (Å²) in [4.78, 5) is 2.57. The summed E-state index contributed by atoms with van der Waals surface area (Å²) in [7, 11) is 0. The Hall–Kier alpha value is -0.860. The summed E-state index contributed by atoms with van der Waals surface area (Å²) in [5.74, 6) is 0. The van der Waals surface area contributed by atoms with E-state index >= 15 is 0 Å².